The van der Waals surface area contributed by atoms with E-state index in [1.807, 2.05) is 24.3 Å². The van der Waals surface area contributed by atoms with Crippen molar-refractivity contribution in [2.45, 2.75) is 19.3 Å². The first kappa shape index (κ1) is 19.3. The molecule has 1 saturated heterocycles. The van der Waals surface area contributed by atoms with Gasteiger partial charge in [-0.3, -0.25) is 13.9 Å². The molecule has 1 aliphatic rings. The Labute approximate surface area is 168 Å². The minimum Gasteiger partial charge on any atom is -0.384 e. The van der Waals surface area contributed by atoms with Crippen LogP contribution in [-0.4, -0.2) is 55.4 Å². The Morgan fingerprint density at radius 3 is 2.41 bits per heavy atom. The Morgan fingerprint density at radius 1 is 0.966 bits per heavy atom. The molecule has 1 N–H and O–H groups in total. The standard InChI is InChI=1S/C20H25N7O2/c1-25-18-16(19(28)26(2)20(25)29)22-17(23-24-18)14-6-8-15(9-7-14)21-10-13-27-11-4-3-5-12-27/h6-9,21H,3-5,10-13H2,1-2H3. The molecule has 0 atom stereocenters. The van der Waals surface area contributed by atoms with Crippen molar-refractivity contribution >= 4 is 16.9 Å². The first-order valence-electron chi connectivity index (χ1n) is 9.92. The lowest BCUT2D eigenvalue weighted by Crippen LogP contribution is -2.38. The third-order valence-electron chi connectivity index (χ3n) is 5.42. The smallest absolute Gasteiger partial charge is 0.332 e. The summed E-state index contributed by atoms with van der Waals surface area (Å²) < 4.78 is 2.30. The summed E-state index contributed by atoms with van der Waals surface area (Å²) in [5, 5.41) is 11.6. The highest BCUT2D eigenvalue weighted by Crippen LogP contribution is 2.18. The fourth-order valence-electron chi connectivity index (χ4n) is 3.65. The predicted molar refractivity (Wildman–Crippen MR) is 112 cm³/mol. The fourth-order valence-corrected chi connectivity index (χ4v) is 3.65. The van der Waals surface area contributed by atoms with Gasteiger partial charge in [0.1, 0.15) is 0 Å². The minimum atomic E-state index is -0.477. The van der Waals surface area contributed by atoms with E-state index in [1.54, 1.807) is 7.05 Å². The lowest BCUT2D eigenvalue weighted by molar-refractivity contribution is 0.237. The Morgan fingerprint density at radius 2 is 1.69 bits per heavy atom. The minimum absolute atomic E-state index is 0.128. The molecule has 0 bridgehead atoms. The van der Waals surface area contributed by atoms with Crippen LogP contribution in [0.5, 0.6) is 0 Å². The number of hydrogen-bond donors (Lipinski definition) is 1. The molecule has 0 saturated carbocycles. The van der Waals surface area contributed by atoms with Crippen LogP contribution in [0.4, 0.5) is 5.69 Å². The van der Waals surface area contributed by atoms with E-state index in [-0.39, 0.29) is 11.2 Å². The molecule has 1 fully saturated rings. The molecule has 3 aromatic rings. The van der Waals surface area contributed by atoms with Crippen LogP contribution in [0.25, 0.3) is 22.6 Å². The van der Waals surface area contributed by atoms with Gasteiger partial charge in [-0.1, -0.05) is 6.42 Å². The van der Waals surface area contributed by atoms with Gasteiger partial charge in [0.15, 0.2) is 17.0 Å². The monoisotopic (exact) mass is 395 g/mol. The largest absolute Gasteiger partial charge is 0.384 e. The molecule has 0 spiro atoms. The van der Waals surface area contributed by atoms with E-state index in [2.05, 4.69) is 25.4 Å². The van der Waals surface area contributed by atoms with Crippen molar-refractivity contribution in [1.29, 1.82) is 0 Å². The van der Waals surface area contributed by atoms with Crippen molar-refractivity contribution in [3.8, 4) is 11.4 Å². The van der Waals surface area contributed by atoms with Crippen molar-refractivity contribution in [2.24, 2.45) is 14.1 Å². The van der Waals surface area contributed by atoms with E-state index in [0.29, 0.717) is 5.82 Å². The van der Waals surface area contributed by atoms with E-state index >= 15 is 0 Å². The van der Waals surface area contributed by atoms with Crippen LogP contribution in [0.1, 0.15) is 19.3 Å². The average Bonchev–Trinajstić information content (AvgIpc) is 2.77. The van der Waals surface area contributed by atoms with Gasteiger partial charge in [0.05, 0.1) is 0 Å². The lowest BCUT2D eigenvalue weighted by Gasteiger charge is -2.26. The number of nitrogens with one attached hydrogen (secondary N) is 1. The van der Waals surface area contributed by atoms with E-state index in [0.717, 1.165) is 28.9 Å². The number of nitrogens with zero attached hydrogens (tertiary/aromatic N) is 6. The average molecular weight is 395 g/mol. The summed E-state index contributed by atoms with van der Waals surface area (Å²) in [6, 6.07) is 7.74. The van der Waals surface area contributed by atoms with Gasteiger partial charge in [0, 0.05) is 38.4 Å². The van der Waals surface area contributed by atoms with Crippen LogP contribution in [0.15, 0.2) is 33.9 Å². The van der Waals surface area contributed by atoms with E-state index < -0.39 is 11.2 Å². The molecule has 1 aliphatic heterocycles. The highest BCUT2D eigenvalue weighted by Gasteiger charge is 2.14. The van der Waals surface area contributed by atoms with Crippen molar-refractivity contribution in [1.82, 2.24) is 29.2 Å². The number of aryl methyl sites for hydroxylation is 1. The summed E-state index contributed by atoms with van der Waals surface area (Å²) in [5.74, 6) is 0.355. The predicted octanol–water partition coefficient (Wildman–Crippen LogP) is 0.987. The molecule has 0 unspecified atom stereocenters. The molecule has 2 aromatic heterocycles. The number of anilines is 1. The molecule has 0 aliphatic carbocycles. The van der Waals surface area contributed by atoms with Gasteiger partial charge in [0.2, 0.25) is 0 Å². The molecule has 29 heavy (non-hydrogen) atoms. The van der Waals surface area contributed by atoms with Crippen LogP contribution < -0.4 is 16.6 Å². The number of likely N-dealkylation sites (tertiary alicyclic amines) is 1. The molecule has 0 radical (unpaired) electrons. The zero-order valence-electron chi connectivity index (χ0n) is 16.8. The molecule has 9 heteroatoms. The summed E-state index contributed by atoms with van der Waals surface area (Å²) in [5.41, 5.74) is 1.16. The van der Waals surface area contributed by atoms with Crippen molar-refractivity contribution in [3.63, 3.8) is 0 Å². The maximum Gasteiger partial charge on any atom is 0.332 e. The number of hydrogen-bond acceptors (Lipinski definition) is 7. The Kier molecular flexibility index (Phi) is 5.39. The first-order chi connectivity index (χ1) is 14.0. The normalized spacial score (nSPS) is 15.0. The van der Waals surface area contributed by atoms with Gasteiger partial charge in [-0.2, -0.15) is 0 Å². The van der Waals surface area contributed by atoms with Crippen LogP contribution in [0, 0.1) is 0 Å². The molecule has 0 amide bonds. The Hall–Kier alpha value is -3.07. The van der Waals surface area contributed by atoms with Crippen LogP contribution in [0.3, 0.4) is 0 Å². The van der Waals surface area contributed by atoms with Crippen LogP contribution >= 0.6 is 0 Å². The third kappa shape index (κ3) is 3.91. The highest BCUT2D eigenvalue weighted by atomic mass is 16.2. The van der Waals surface area contributed by atoms with E-state index in [1.165, 1.54) is 44.0 Å². The van der Waals surface area contributed by atoms with Crippen molar-refractivity contribution in [2.75, 3.05) is 31.5 Å². The second kappa shape index (κ2) is 8.12. The number of aromatic nitrogens is 5. The summed E-state index contributed by atoms with van der Waals surface area (Å²) in [4.78, 5) is 31.3. The Bertz CT molecular complexity index is 1130. The molecule has 1 aromatic carbocycles. The van der Waals surface area contributed by atoms with Gasteiger partial charge in [-0.05, 0) is 50.2 Å². The van der Waals surface area contributed by atoms with Gasteiger partial charge < -0.3 is 10.2 Å². The zero-order chi connectivity index (χ0) is 20.4. The molecule has 9 nitrogen and oxygen atoms in total. The summed E-state index contributed by atoms with van der Waals surface area (Å²) in [6.45, 7) is 4.33. The zero-order valence-corrected chi connectivity index (χ0v) is 16.8. The van der Waals surface area contributed by atoms with E-state index in [9.17, 15) is 9.59 Å². The fraction of sp³-hybridized carbons (Fsp3) is 0.450. The van der Waals surface area contributed by atoms with Crippen LogP contribution in [-0.2, 0) is 14.1 Å². The summed E-state index contributed by atoms with van der Waals surface area (Å²) in [6.07, 6.45) is 3.94. The van der Waals surface area contributed by atoms with E-state index in [4.69, 9.17) is 0 Å². The topological polar surface area (TPSA) is 97.9 Å². The second-order valence-electron chi connectivity index (χ2n) is 7.42. The van der Waals surface area contributed by atoms with Crippen molar-refractivity contribution in [3.05, 3.63) is 45.1 Å². The van der Waals surface area contributed by atoms with Crippen molar-refractivity contribution < 1.29 is 0 Å². The maximum absolute atomic E-state index is 12.4. The Balaban J connectivity index is 1.50. The van der Waals surface area contributed by atoms with Crippen LogP contribution in [0.2, 0.25) is 0 Å². The van der Waals surface area contributed by atoms with Gasteiger partial charge >= 0.3 is 5.69 Å². The lowest BCUT2D eigenvalue weighted by atomic mass is 10.1. The highest BCUT2D eigenvalue weighted by molar-refractivity contribution is 5.71. The third-order valence-corrected chi connectivity index (χ3v) is 5.42. The molecule has 152 valence electrons. The maximum atomic E-state index is 12.4. The van der Waals surface area contributed by atoms with Gasteiger partial charge in [-0.15, -0.1) is 10.2 Å². The molecule has 3 heterocycles. The molecular formula is C20H25N7O2. The molecular weight excluding hydrogens is 370 g/mol. The number of rotatable bonds is 5. The molecule has 4 rings (SSSR count). The number of fused-ring (bicyclic) bond motifs is 1. The summed E-state index contributed by atoms with van der Waals surface area (Å²) in [7, 11) is 2.97. The van der Waals surface area contributed by atoms with Gasteiger partial charge in [-0.25, -0.2) is 9.78 Å². The van der Waals surface area contributed by atoms with Gasteiger partial charge in [0.25, 0.3) is 5.56 Å². The number of piperidine rings is 1. The SMILES string of the molecule is Cn1c(=O)c2nc(-c3ccc(NCCN4CCCCC4)cc3)nnc2n(C)c1=O. The first-order valence-corrected chi connectivity index (χ1v) is 9.92. The summed E-state index contributed by atoms with van der Waals surface area (Å²) >= 11 is 0. The number of benzene rings is 1. The quantitative estimate of drug-likeness (QED) is 0.688. The second-order valence-corrected chi connectivity index (χ2v) is 7.42.